The van der Waals surface area contributed by atoms with Crippen LogP contribution >= 0.6 is 11.6 Å². The minimum Gasteiger partial charge on any atom is -0.444 e. The molecule has 3 rings (SSSR count). The summed E-state index contributed by atoms with van der Waals surface area (Å²) >= 11 is 5.90. The van der Waals surface area contributed by atoms with Crippen molar-refractivity contribution < 1.29 is 23.1 Å². The molecule has 0 aromatic heterocycles. The van der Waals surface area contributed by atoms with Gasteiger partial charge < -0.3 is 19.9 Å². The third kappa shape index (κ3) is 5.74. The molecular formula is C21H28ClF2N3O3. The number of halogens is 3. The molecule has 1 aromatic rings. The Bertz CT molecular complexity index is 782. The van der Waals surface area contributed by atoms with E-state index >= 15 is 0 Å². The first-order valence-corrected chi connectivity index (χ1v) is 10.5. The molecule has 1 aromatic carbocycles. The molecule has 2 saturated heterocycles. The Morgan fingerprint density at radius 3 is 2.67 bits per heavy atom. The van der Waals surface area contributed by atoms with Crippen LogP contribution in [0.3, 0.4) is 0 Å². The van der Waals surface area contributed by atoms with Crippen LogP contribution in [0, 0.1) is 5.82 Å². The summed E-state index contributed by atoms with van der Waals surface area (Å²) in [6.45, 7) is 5.92. The van der Waals surface area contributed by atoms with E-state index in [1.807, 2.05) is 0 Å². The maximum Gasteiger partial charge on any atom is 0.410 e. The van der Waals surface area contributed by atoms with E-state index in [1.54, 1.807) is 31.7 Å². The molecule has 1 unspecified atom stereocenters. The van der Waals surface area contributed by atoms with E-state index in [-0.39, 0.29) is 30.4 Å². The molecule has 2 amide bonds. The molecule has 6 nitrogen and oxygen atoms in total. The van der Waals surface area contributed by atoms with Gasteiger partial charge in [0.1, 0.15) is 23.6 Å². The maximum atomic E-state index is 14.4. The highest BCUT2D eigenvalue weighted by Gasteiger charge is 2.40. The number of amides is 2. The van der Waals surface area contributed by atoms with Crippen molar-refractivity contribution in [3.05, 3.63) is 29.0 Å². The molecule has 0 saturated carbocycles. The summed E-state index contributed by atoms with van der Waals surface area (Å²) in [4.78, 5) is 28.5. The predicted molar refractivity (Wildman–Crippen MR) is 111 cm³/mol. The number of rotatable bonds is 3. The number of nitrogens with one attached hydrogen (secondary N) is 1. The van der Waals surface area contributed by atoms with Gasteiger partial charge in [0.2, 0.25) is 5.91 Å². The van der Waals surface area contributed by atoms with Gasteiger partial charge in [-0.15, -0.1) is 0 Å². The molecule has 0 radical (unpaired) electrons. The lowest BCUT2D eigenvalue weighted by Gasteiger charge is -2.43. The Morgan fingerprint density at radius 2 is 2.00 bits per heavy atom. The van der Waals surface area contributed by atoms with Gasteiger partial charge >= 0.3 is 6.09 Å². The molecule has 2 fully saturated rings. The van der Waals surface area contributed by atoms with E-state index in [1.165, 1.54) is 17.0 Å². The Kier molecular flexibility index (Phi) is 6.75. The van der Waals surface area contributed by atoms with Crippen LogP contribution in [0.4, 0.5) is 19.3 Å². The van der Waals surface area contributed by atoms with Crippen molar-refractivity contribution in [2.75, 3.05) is 25.0 Å². The molecule has 166 valence electrons. The maximum absolute atomic E-state index is 14.4. The average Bonchev–Trinajstić information content (AvgIpc) is 2.60. The van der Waals surface area contributed by atoms with Crippen LogP contribution in [0.5, 0.6) is 0 Å². The fourth-order valence-corrected chi connectivity index (χ4v) is 4.17. The zero-order valence-electron chi connectivity index (χ0n) is 17.5. The van der Waals surface area contributed by atoms with E-state index in [0.29, 0.717) is 25.1 Å². The number of hydrogen-bond acceptors (Lipinski definition) is 4. The van der Waals surface area contributed by atoms with Crippen LogP contribution < -0.4 is 5.32 Å². The normalized spacial score (nSPS) is 25.3. The summed E-state index contributed by atoms with van der Waals surface area (Å²) in [5, 5.41) is 3.28. The van der Waals surface area contributed by atoms with Crippen molar-refractivity contribution >= 4 is 29.3 Å². The standard InChI is InChI=1S/C21H28ClF2N3O3/c1-21(2,3)30-20(29)26-11-15(24)10-17(12-26)27-6-4-5-18(19(27)28)25-16-8-13(22)7-14(23)9-16/h7-9,15,17-18,25H,4-6,10-12H2,1-3H3/t15-,17+,18?/m0/s1. The third-order valence-corrected chi connectivity index (χ3v) is 5.36. The molecule has 9 heteroatoms. The lowest BCUT2D eigenvalue weighted by molar-refractivity contribution is -0.138. The van der Waals surface area contributed by atoms with Crippen molar-refractivity contribution in [1.82, 2.24) is 9.80 Å². The van der Waals surface area contributed by atoms with Gasteiger partial charge in [-0.1, -0.05) is 11.6 Å². The van der Waals surface area contributed by atoms with Crippen molar-refractivity contribution in [3.63, 3.8) is 0 Å². The molecule has 2 aliphatic heterocycles. The van der Waals surface area contributed by atoms with Crippen LogP contribution in [0.15, 0.2) is 18.2 Å². The third-order valence-electron chi connectivity index (χ3n) is 5.15. The van der Waals surface area contributed by atoms with Crippen molar-refractivity contribution in [3.8, 4) is 0 Å². The van der Waals surface area contributed by atoms with Crippen LogP contribution in [0.25, 0.3) is 0 Å². The number of ether oxygens (including phenoxy) is 1. The highest BCUT2D eigenvalue weighted by atomic mass is 35.5. The minimum absolute atomic E-state index is 0.0447. The number of alkyl halides is 1. The highest BCUT2D eigenvalue weighted by Crippen LogP contribution is 2.27. The molecule has 1 N–H and O–H groups in total. The predicted octanol–water partition coefficient (Wildman–Crippen LogP) is 4.23. The van der Waals surface area contributed by atoms with Crippen LogP contribution in [-0.4, -0.2) is 65.3 Å². The first-order valence-electron chi connectivity index (χ1n) is 10.2. The van der Waals surface area contributed by atoms with Gasteiger partial charge in [-0.05, 0) is 51.8 Å². The van der Waals surface area contributed by atoms with E-state index in [4.69, 9.17) is 16.3 Å². The van der Waals surface area contributed by atoms with Gasteiger partial charge in [0.25, 0.3) is 0 Å². The van der Waals surface area contributed by atoms with Gasteiger partial charge in [0.05, 0.1) is 12.6 Å². The second-order valence-corrected chi connectivity index (χ2v) is 9.34. The monoisotopic (exact) mass is 443 g/mol. The Hall–Kier alpha value is -2.09. The fourth-order valence-electron chi connectivity index (χ4n) is 3.95. The molecular weight excluding hydrogens is 416 g/mol. The van der Waals surface area contributed by atoms with Gasteiger partial charge in [0.15, 0.2) is 0 Å². The summed E-state index contributed by atoms with van der Waals surface area (Å²) in [7, 11) is 0. The second kappa shape index (κ2) is 8.96. The zero-order valence-corrected chi connectivity index (χ0v) is 18.2. The number of benzene rings is 1. The molecule has 0 spiro atoms. The largest absolute Gasteiger partial charge is 0.444 e. The van der Waals surface area contributed by atoms with E-state index in [2.05, 4.69) is 5.32 Å². The summed E-state index contributed by atoms with van der Waals surface area (Å²) in [5.74, 6) is -0.685. The van der Waals surface area contributed by atoms with Gasteiger partial charge in [-0.3, -0.25) is 4.79 Å². The molecule has 0 aliphatic carbocycles. The van der Waals surface area contributed by atoms with Gasteiger partial charge in [-0.25, -0.2) is 13.6 Å². The summed E-state index contributed by atoms with van der Waals surface area (Å²) in [6, 6.07) is 3.03. The number of nitrogens with zero attached hydrogens (tertiary/aromatic N) is 2. The number of piperidine rings is 2. The van der Waals surface area contributed by atoms with Crippen molar-refractivity contribution in [2.45, 2.75) is 63.9 Å². The Balaban J connectivity index is 1.69. The quantitative estimate of drug-likeness (QED) is 0.759. The second-order valence-electron chi connectivity index (χ2n) is 8.90. The van der Waals surface area contributed by atoms with E-state index in [0.717, 1.165) is 0 Å². The van der Waals surface area contributed by atoms with E-state index in [9.17, 15) is 18.4 Å². The van der Waals surface area contributed by atoms with Crippen molar-refractivity contribution in [2.24, 2.45) is 0 Å². The average molecular weight is 444 g/mol. The first kappa shape index (κ1) is 22.6. The summed E-state index contributed by atoms with van der Waals surface area (Å²) < 4.78 is 33.4. The van der Waals surface area contributed by atoms with E-state index < -0.39 is 35.8 Å². The van der Waals surface area contributed by atoms with Crippen LogP contribution in [-0.2, 0) is 9.53 Å². The highest BCUT2D eigenvalue weighted by molar-refractivity contribution is 6.30. The number of carbonyl (C=O) groups is 2. The lowest BCUT2D eigenvalue weighted by Crippen LogP contribution is -2.59. The van der Waals surface area contributed by atoms with Gasteiger partial charge in [0, 0.05) is 30.2 Å². The van der Waals surface area contributed by atoms with Crippen molar-refractivity contribution in [1.29, 1.82) is 0 Å². The first-order chi connectivity index (χ1) is 14.0. The molecule has 0 bridgehead atoms. The Labute approximate surface area is 180 Å². The molecule has 2 heterocycles. The number of carbonyl (C=O) groups excluding carboxylic acids is 2. The summed E-state index contributed by atoms with van der Waals surface area (Å²) in [6.07, 6.45) is -0.358. The van der Waals surface area contributed by atoms with Gasteiger partial charge in [-0.2, -0.15) is 0 Å². The Morgan fingerprint density at radius 1 is 1.27 bits per heavy atom. The zero-order chi connectivity index (χ0) is 22.1. The van der Waals surface area contributed by atoms with Crippen LogP contribution in [0.2, 0.25) is 5.02 Å². The molecule has 30 heavy (non-hydrogen) atoms. The fraction of sp³-hybridized carbons (Fsp3) is 0.619. The number of anilines is 1. The van der Waals surface area contributed by atoms with Crippen LogP contribution in [0.1, 0.15) is 40.0 Å². The topological polar surface area (TPSA) is 61.9 Å². The minimum atomic E-state index is -1.24. The molecule has 3 atom stereocenters. The molecule has 2 aliphatic rings. The number of likely N-dealkylation sites (tertiary alicyclic amines) is 2. The summed E-state index contributed by atoms with van der Waals surface area (Å²) in [5.41, 5.74) is -0.263. The lowest BCUT2D eigenvalue weighted by atomic mass is 9.97. The number of hydrogen-bond donors (Lipinski definition) is 1. The SMILES string of the molecule is CC(C)(C)OC(=O)N1C[C@@H](F)C[C@@H](N2CCCC(Nc3cc(F)cc(Cl)c3)C2=O)C1. The smallest absolute Gasteiger partial charge is 0.410 e.